The quantitative estimate of drug-likeness (QED) is 0.675. The Morgan fingerprint density at radius 2 is 1.72 bits per heavy atom. The number of hydrogen-bond acceptors (Lipinski definition) is 8. The highest BCUT2D eigenvalue weighted by Crippen LogP contribution is 2.22. The molecule has 0 aliphatic rings. The van der Waals surface area contributed by atoms with Crippen molar-refractivity contribution in [3.8, 4) is 0 Å². The molecule has 5 N–H and O–H groups in total. The molecule has 18 heavy (non-hydrogen) atoms. The molecule has 0 saturated heterocycles. The third kappa shape index (κ3) is 3.28. The van der Waals surface area contributed by atoms with E-state index >= 15 is 0 Å². The van der Waals surface area contributed by atoms with Crippen LogP contribution in [0.2, 0.25) is 0 Å². The molecular weight excluding hydrogens is 250 g/mol. The van der Waals surface area contributed by atoms with Crippen LogP contribution in [0.15, 0.2) is 28.8 Å². The van der Waals surface area contributed by atoms with Crippen molar-refractivity contribution in [2.24, 2.45) is 0 Å². The van der Waals surface area contributed by atoms with Crippen LogP contribution in [0.5, 0.6) is 0 Å². The maximum Gasteiger partial charge on any atom is 0.199 e. The molecule has 0 radical (unpaired) electrons. The fourth-order valence-corrected chi connectivity index (χ4v) is 1.96. The standard InChI is InChI=1S/C10H13N7S/c1-13-3-6-4-14-9(15-5-6)18-10-16-7(11)2-8(12)17-10/h2,4-5,13H,3H2,1H3,(H4,11,12,16,17). The summed E-state index contributed by atoms with van der Waals surface area (Å²) in [6, 6.07) is 1.50. The molecule has 8 heteroatoms. The fourth-order valence-electron chi connectivity index (χ4n) is 1.28. The van der Waals surface area contributed by atoms with Crippen LogP contribution in [-0.4, -0.2) is 27.0 Å². The summed E-state index contributed by atoms with van der Waals surface area (Å²) in [6.07, 6.45) is 3.50. The van der Waals surface area contributed by atoms with E-state index in [2.05, 4.69) is 25.3 Å². The van der Waals surface area contributed by atoms with Gasteiger partial charge in [0.05, 0.1) is 0 Å². The number of aromatic nitrogens is 4. The fraction of sp³-hybridized carbons (Fsp3) is 0.200. The van der Waals surface area contributed by atoms with Crippen LogP contribution >= 0.6 is 11.8 Å². The van der Waals surface area contributed by atoms with Gasteiger partial charge in [0.1, 0.15) is 11.6 Å². The number of anilines is 2. The minimum atomic E-state index is 0.330. The van der Waals surface area contributed by atoms with Crippen molar-refractivity contribution in [3.63, 3.8) is 0 Å². The normalized spacial score (nSPS) is 10.5. The van der Waals surface area contributed by atoms with Gasteiger partial charge < -0.3 is 16.8 Å². The lowest BCUT2D eigenvalue weighted by atomic mass is 10.3. The average molecular weight is 263 g/mol. The summed E-state index contributed by atoms with van der Waals surface area (Å²) in [5.41, 5.74) is 12.2. The van der Waals surface area contributed by atoms with Crippen LogP contribution < -0.4 is 16.8 Å². The predicted molar refractivity (Wildman–Crippen MR) is 69.8 cm³/mol. The van der Waals surface area contributed by atoms with Gasteiger partial charge in [0.15, 0.2) is 10.3 Å². The van der Waals surface area contributed by atoms with Gasteiger partial charge in [-0.25, -0.2) is 19.9 Å². The molecule has 0 spiro atoms. The van der Waals surface area contributed by atoms with Crippen molar-refractivity contribution in [2.75, 3.05) is 18.5 Å². The molecule has 7 nitrogen and oxygen atoms in total. The maximum atomic E-state index is 5.58. The van der Waals surface area contributed by atoms with Crippen molar-refractivity contribution in [1.29, 1.82) is 0 Å². The molecule has 2 rings (SSSR count). The van der Waals surface area contributed by atoms with Gasteiger partial charge in [-0.3, -0.25) is 0 Å². The Morgan fingerprint density at radius 3 is 2.28 bits per heavy atom. The molecule has 0 bridgehead atoms. The number of hydrogen-bond donors (Lipinski definition) is 3. The van der Waals surface area contributed by atoms with Crippen molar-refractivity contribution in [1.82, 2.24) is 25.3 Å². The molecule has 0 fully saturated rings. The number of nitrogens with zero attached hydrogens (tertiary/aromatic N) is 4. The molecule has 0 saturated carbocycles. The Morgan fingerprint density at radius 1 is 1.11 bits per heavy atom. The first-order valence-electron chi connectivity index (χ1n) is 5.21. The van der Waals surface area contributed by atoms with Gasteiger partial charge in [-0.15, -0.1) is 0 Å². The third-order valence-electron chi connectivity index (χ3n) is 1.99. The van der Waals surface area contributed by atoms with Crippen LogP contribution in [0, 0.1) is 0 Å². The lowest BCUT2D eigenvalue weighted by Gasteiger charge is -2.02. The molecule has 0 atom stereocenters. The highest BCUT2D eigenvalue weighted by atomic mass is 32.2. The lowest BCUT2D eigenvalue weighted by molar-refractivity contribution is 0.792. The minimum absolute atomic E-state index is 0.330. The minimum Gasteiger partial charge on any atom is -0.383 e. The molecule has 2 aromatic heterocycles. The summed E-state index contributed by atoms with van der Waals surface area (Å²) < 4.78 is 0. The molecule has 0 unspecified atom stereocenters. The summed E-state index contributed by atoms with van der Waals surface area (Å²) in [7, 11) is 1.87. The Kier molecular flexibility index (Phi) is 3.90. The van der Waals surface area contributed by atoms with E-state index in [9.17, 15) is 0 Å². The molecule has 0 amide bonds. The second kappa shape index (κ2) is 5.61. The van der Waals surface area contributed by atoms with E-state index in [1.165, 1.54) is 17.8 Å². The molecule has 0 aromatic carbocycles. The van der Waals surface area contributed by atoms with E-state index in [1.54, 1.807) is 12.4 Å². The van der Waals surface area contributed by atoms with Crippen LogP contribution in [0.25, 0.3) is 0 Å². The molecule has 2 heterocycles. The monoisotopic (exact) mass is 263 g/mol. The van der Waals surface area contributed by atoms with Crippen molar-refractivity contribution in [3.05, 3.63) is 24.0 Å². The van der Waals surface area contributed by atoms with E-state index < -0.39 is 0 Å². The zero-order valence-electron chi connectivity index (χ0n) is 9.79. The number of nitrogen functional groups attached to an aromatic ring is 2. The number of nitrogens with two attached hydrogens (primary N) is 2. The van der Waals surface area contributed by atoms with Crippen LogP contribution in [0.3, 0.4) is 0 Å². The summed E-state index contributed by atoms with van der Waals surface area (Å²) in [5.74, 6) is 0.661. The van der Waals surface area contributed by atoms with Gasteiger partial charge in [0, 0.05) is 30.6 Å². The van der Waals surface area contributed by atoms with E-state index in [0.29, 0.717) is 21.9 Å². The third-order valence-corrected chi connectivity index (χ3v) is 2.75. The lowest BCUT2D eigenvalue weighted by Crippen LogP contribution is -2.06. The van der Waals surface area contributed by atoms with Crippen LogP contribution in [0.4, 0.5) is 11.6 Å². The smallest absolute Gasteiger partial charge is 0.199 e. The molecule has 0 aliphatic heterocycles. The largest absolute Gasteiger partial charge is 0.383 e. The van der Waals surface area contributed by atoms with Gasteiger partial charge in [-0.2, -0.15) is 0 Å². The summed E-state index contributed by atoms with van der Waals surface area (Å²) >= 11 is 1.22. The Bertz CT molecular complexity index is 508. The average Bonchev–Trinajstić information content (AvgIpc) is 2.31. The summed E-state index contributed by atoms with van der Waals surface area (Å²) in [6.45, 7) is 0.729. The zero-order valence-corrected chi connectivity index (χ0v) is 10.6. The Balaban J connectivity index is 2.13. The highest BCUT2D eigenvalue weighted by Gasteiger charge is 2.05. The van der Waals surface area contributed by atoms with Crippen LogP contribution in [-0.2, 0) is 6.54 Å². The highest BCUT2D eigenvalue weighted by molar-refractivity contribution is 7.99. The first kappa shape index (κ1) is 12.5. The van der Waals surface area contributed by atoms with Crippen molar-refractivity contribution >= 4 is 23.4 Å². The second-order valence-corrected chi connectivity index (χ2v) is 4.44. The van der Waals surface area contributed by atoms with Gasteiger partial charge in [0.2, 0.25) is 0 Å². The second-order valence-electron chi connectivity index (χ2n) is 3.51. The first-order valence-corrected chi connectivity index (χ1v) is 6.02. The Hall–Kier alpha value is -1.93. The van der Waals surface area contributed by atoms with Gasteiger partial charge in [-0.1, -0.05) is 0 Å². The van der Waals surface area contributed by atoms with Gasteiger partial charge in [0.25, 0.3) is 0 Å². The van der Waals surface area contributed by atoms with Gasteiger partial charge >= 0.3 is 0 Å². The number of nitrogens with one attached hydrogen (secondary N) is 1. The van der Waals surface area contributed by atoms with E-state index in [1.807, 2.05) is 7.05 Å². The molecule has 0 aliphatic carbocycles. The first-order chi connectivity index (χ1) is 8.67. The van der Waals surface area contributed by atoms with Crippen molar-refractivity contribution < 1.29 is 0 Å². The maximum absolute atomic E-state index is 5.58. The molecule has 2 aromatic rings. The molecule has 94 valence electrons. The Labute approximate surface area is 108 Å². The van der Waals surface area contributed by atoms with Crippen molar-refractivity contribution in [2.45, 2.75) is 16.9 Å². The summed E-state index contributed by atoms with van der Waals surface area (Å²) in [5, 5.41) is 4.02. The number of rotatable bonds is 4. The van der Waals surface area contributed by atoms with E-state index in [-0.39, 0.29) is 0 Å². The molecular formula is C10H13N7S. The summed E-state index contributed by atoms with van der Waals surface area (Å²) in [4.78, 5) is 16.5. The topological polar surface area (TPSA) is 116 Å². The van der Waals surface area contributed by atoms with Crippen LogP contribution in [0.1, 0.15) is 5.56 Å². The van der Waals surface area contributed by atoms with E-state index in [4.69, 9.17) is 11.5 Å². The predicted octanol–water partition coefficient (Wildman–Crippen LogP) is 0.302. The zero-order chi connectivity index (χ0) is 13.0. The van der Waals surface area contributed by atoms with E-state index in [0.717, 1.165) is 12.1 Å². The SMILES string of the molecule is CNCc1cnc(Sc2nc(N)cc(N)n2)nc1. The van der Waals surface area contributed by atoms with Gasteiger partial charge in [-0.05, 0) is 18.8 Å².